The standard InChI is InChI=1S/C18H15FN2O3S/c1-23-15-9-5-6-11(16(15)24-2)18-21-14(10-25-18)17(22)20-13-8-4-3-7-12(13)19/h3-10H,1-2H3,(H,20,22). The highest BCUT2D eigenvalue weighted by Gasteiger charge is 2.17. The van der Waals surface area contributed by atoms with Gasteiger partial charge in [-0.25, -0.2) is 9.37 Å². The average Bonchev–Trinajstić information content (AvgIpc) is 3.13. The number of benzene rings is 2. The monoisotopic (exact) mass is 358 g/mol. The van der Waals surface area contributed by atoms with Crippen LogP contribution in [0.25, 0.3) is 10.6 Å². The van der Waals surface area contributed by atoms with Crippen LogP contribution in [0.2, 0.25) is 0 Å². The van der Waals surface area contributed by atoms with E-state index in [1.807, 2.05) is 12.1 Å². The first-order chi connectivity index (χ1) is 12.1. The molecule has 1 heterocycles. The van der Waals surface area contributed by atoms with Crippen molar-refractivity contribution in [1.82, 2.24) is 4.98 Å². The number of ether oxygens (including phenoxy) is 2. The van der Waals surface area contributed by atoms with E-state index in [9.17, 15) is 9.18 Å². The number of rotatable bonds is 5. The van der Waals surface area contributed by atoms with Crippen molar-refractivity contribution in [2.45, 2.75) is 0 Å². The number of hydrogen-bond acceptors (Lipinski definition) is 5. The van der Waals surface area contributed by atoms with Crippen molar-refractivity contribution in [3.8, 4) is 22.1 Å². The highest BCUT2D eigenvalue weighted by atomic mass is 32.1. The molecular formula is C18H15FN2O3S. The van der Waals surface area contributed by atoms with Crippen molar-refractivity contribution < 1.29 is 18.7 Å². The van der Waals surface area contributed by atoms with Gasteiger partial charge in [0.05, 0.1) is 25.5 Å². The third-order valence-corrected chi connectivity index (χ3v) is 4.37. The predicted octanol–water partition coefficient (Wildman–Crippen LogP) is 4.22. The molecule has 3 aromatic rings. The molecule has 0 atom stereocenters. The molecule has 1 N–H and O–H groups in total. The van der Waals surface area contributed by atoms with Gasteiger partial charge in [-0.3, -0.25) is 4.79 Å². The van der Waals surface area contributed by atoms with Crippen LogP contribution in [-0.4, -0.2) is 25.1 Å². The lowest BCUT2D eigenvalue weighted by Crippen LogP contribution is -2.13. The Hall–Kier alpha value is -2.93. The van der Waals surface area contributed by atoms with E-state index < -0.39 is 11.7 Å². The maximum Gasteiger partial charge on any atom is 0.275 e. The van der Waals surface area contributed by atoms with Crippen LogP contribution >= 0.6 is 11.3 Å². The van der Waals surface area contributed by atoms with Crippen molar-refractivity contribution in [2.75, 3.05) is 19.5 Å². The van der Waals surface area contributed by atoms with Gasteiger partial charge in [-0.2, -0.15) is 0 Å². The number of carbonyl (C=O) groups excluding carboxylic acids is 1. The minimum Gasteiger partial charge on any atom is -0.493 e. The first-order valence-corrected chi connectivity index (χ1v) is 8.24. The number of anilines is 1. The van der Waals surface area contributed by atoms with Crippen molar-refractivity contribution in [3.05, 3.63) is 59.4 Å². The van der Waals surface area contributed by atoms with Gasteiger partial charge < -0.3 is 14.8 Å². The molecule has 1 aromatic heterocycles. The fourth-order valence-electron chi connectivity index (χ4n) is 2.31. The van der Waals surface area contributed by atoms with Crippen LogP contribution in [-0.2, 0) is 0 Å². The summed E-state index contributed by atoms with van der Waals surface area (Å²) >= 11 is 1.29. The number of amides is 1. The van der Waals surface area contributed by atoms with Crippen LogP contribution in [0.1, 0.15) is 10.5 Å². The van der Waals surface area contributed by atoms with Crippen molar-refractivity contribution in [1.29, 1.82) is 0 Å². The Bertz CT molecular complexity index is 911. The zero-order chi connectivity index (χ0) is 17.8. The molecule has 0 radical (unpaired) electrons. The van der Waals surface area contributed by atoms with Gasteiger partial charge in [-0.15, -0.1) is 11.3 Å². The van der Waals surface area contributed by atoms with Crippen molar-refractivity contribution in [3.63, 3.8) is 0 Å². The van der Waals surface area contributed by atoms with Gasteiger partial charge in [0, 0.05) is 5.38 Å². The zero-order valence-electron chi connectivity index (χ0n) is 13.6. The summed E-state index contributed by atoms with van der Waals surface area (Å²) in [7, 11) is 3.09. The molecular weight excluding hydrogens is 343 g/mol. The molecule has 0 spiro atoms. The molecule has 0 aliphatic heterocycles. The van der Waals surface area contributed by atoms with Gasteiger partial charge in [-0.05, 0) is 24.3 Å². The van der Waals surface area contributed by atoms with Gasteiger partial charge >= 0.3 is 0 Å². The highest BCUT2D eigenvalue weighted by molar-refractivity contribution is 7.13. The van der Waals surface area contributed by atoms with E-state index in [2.05, 4.69) is 10.3 Å². The minimum absolute atomic E-state index is 0.112. The summed E-state index contributed by atoms with van der Waals surface area (Å²) in [6.07, 6.45) is 0. The van der Waals surface area contributed by atoms with Crippen LogP contribution in [0.4, 0.5) is 10.1 Å². The third kappa shape index (κ3) is 3.46. The molecule has 128 valence electrons. The Morgan fingerprint density at radius 3 is 2.64 bits per heavy atom. The number of nitrogens with zero attached hydrogens (tertiary/aromatic N) is 1. The Morgan fingerprint density at radius 2 is 1.92 bits per heavy atom. The zero-order valence-corrected chi connectivity index (χ0v) is 14.4. The molecule has 0 saturated carbocycles. The summed E-state index contributed by atoms with van der Waals surface area (Å²) in [4.78, 5) is 16.6. The topological polar surface area (TPSA) is 60.5 Å². The summed E-state index contributed by atoms with van der Waals surface area (Å²) in [6.45, 7) is 0. The quantitative estimate of drug-likeness (QED) is 0.742. The number of aromatic nitrogens is 1. The number of carbonyl (C=O) groups is 1. The second-order valence-corrected chi connectivity index (χ2v) is 5.87. The maximum atomic E-state index is 13.7. The normalized spacial score (nSPS) is 10.4. The molecule has 5 nitrogen and oxygen atoms in total. The van der Waals surface area contributed by atoms with E-state index in [1.165, 1.54) is 23.5 Å². The molecule has 0 aliphatic rings. The van der Waals surface area contributed by atoms with E-state index in [0.717, 1.165) is 5.56 Å². The predicted molar refractivity (Wildman–Crippen MR) is 95.0 cm³/mol. The maximum absolute atomic E-state index is 13.7. The highest BCUT2D eigenvalue weighted by Crippen LogP contribution is 2.39. The Balaban J connectivity index is 1.88. The van der Waals surface area contributed by atoms with Crippen LogP contribution in [0.15, 0.2) is 47.8 Å². The smallest absolute Gasteiger partial charge is 0.275 e. The second-order valence-electron chi connectivity index (χ2n) is 5.01. The second kappa shape index (κ2) is 7.31. The van der Waals surface area contributed by atoms with Gasteiger partial charge in [0.25, 0.3) is 5.91 Å². The molecule has 0 aliphatic carbocycles. The summed E-state index contributed by atoms with van der Waals surface area (Å²) < 4.78 is 24.3. The molecule has 0 bridgehead atoms. The summed E-state index contributed by atoms with van der Waals surface area (Å²) in [5.74, 6) is 0.142. The molecule has 25 heavy (non-hydrogen) atoms. The van der Waals surface area contributed by atoms with E-state index in [1.54, 1.807) is 37.8 Å². The Kier molecular flexibility index (Phi) is 4.95. The molecule has 0 saturated heterocycles. The number of thiazole rings is 1. The van der Waals surface area contributed by atoms with Gasteiger partial charge in [0.2, 0.25) is 0 Å². The lowest BCUT2D eigenvalue weighted by molar-refractivity contribution is 0.102. The molecule has 0 fully saturated rings. The SMILES string of the molecule is COc1cccc(-c2nc(C(=O)Nc3ccccc3F)cs2)c1OC. The number of nitrogens with one attached hydrogen (secondary N) is 1. The van der Waals surface area contributed by atoms with Gasteiger partial charge in [0.15, 0.2) is 11.5 Å². The summed E-state index contributed by atoms with van der Waals surface area (Å²) in [5, 5.41) is 4.74. The van der Waals surface area contributed by atoms with Gasteiger partial charge in [-0.1, -0.05) is 18.2 Å². The molecule has 0 unspecified atom stereocenters. The molecule has 2 aromatic carbocycles. The van der Waals surface area contributed by atoms with E-state index in [0.29, 0.717) is 16.5 Å². The summed E-state index contributed by atoms with van der Waals surface area (Å²) in [5.41, 5.74) is 1.03. The van der Waals surface area contributed by atoms with Crippen LogP contribution in [0.3, 0.4) is 0 Å². The Morgan fingerprint density at radius 1 is 1.12 bits per heavy atom. The Labute approximate surface area is 148 Å². The average molecular weight is 358 g/mol. The van der Waals surface area contributed by atoms with Crippen LogP contribution in [0.5, 0.6) is 11.5 Å². The third-order valence-electron chi connectivity index (χ3n) is 3.49. The minimum atomic E-state index is -0.499. The van der Waals surface area contributed by atoms with Crippen LogP contribution < -0.4 is 14.8 Å². The molecule has 7 heteroatoms. The van der Waals surface area contributed by atoms with Crippen molar-refractivity contribution >= 4 is 22.9 Å². The van der Waals surface area contributed by atoms with Crippen molar-refractivity contribution in [2.24, 2.45) is 0 Å². The fraction of sp³-hybridized carbons (Fsp3) is 0.111. The first kappa shape index (κ1) is 16.9. The molecule has 3 rings (SSSR count). The number of halogens is 1. The first-order valence-electron chi connectivity index (χ1n) is 7.36. The summed E-state index contributed by atoms with van der Waals surface area (Å²) in [6, 6.07) is 11.4. The number of methoxy groups -OCH3 is 2. The number of para-hydroxylation sites is 2. The van der Waals surface area contributed by atoms with E-state index >= 15 is 0 Å². The van der Waals surface area contributed by atoms with Gasteiger partial charge in [0.1, 0.15) is 16.5 Å². The number of hydrogen-bond donors (Lipinski definition) is 1. The van der Waals surface area contributed by atoms with E-state index in [-0.39, 0.29) is 11.4 Å². The lowest BCUT2D eigenvalue weighted by Gasteiger charge is -2.10. The fourth-order valence-corrected chi connectivity index (χ4v) is 3.13. The van der Waals surface area contributed by atoms with E-state index in [4.69, 9.17) is 9.47 Å². The lowest BCUT2D eigenvalue weighted by atomic mass is 10.2. The van der Waals surface area contributed by atoms with Crippen LogP contribution in [0, 0.1) is 5.82 Å². The largest absolute Gasteiger partial charge is 0.493 e. The molecule has 1 amide bonds.